The first-order valence-electron chi connectivity index (χ1n) is 17.0. The van der Waals surface area contributed by atoms with Crippen LogP contribution in [-0.4, -0.2) is 42.4 Å². The van der Waals surface area contributed by atoms with E-state index in [4.69, 9.17) is 31.3 Å². The van der Waals surface area contributed by atoms with E-state index >= 15 is 0 Å². The molecule has 0 saturated heterocycles. The van der Waals surface area contributed by atoms with Crippen molar-refractivity contribution in [1.82, 2.24) is 29.3 Å². The number of allylic oxidation sites excluding steroid dienone is 3. The number of carbonyl (C=O) groups excluding carboxylic acids is 1. The Kier molecular flexibility index (Phi) is 7.45. The first-order valence-corrected chi connectivity index (χ1v) is 17.3. The SMILES string of the molecule is C=CC1=C(C)c2nc1cc1[nH]c(cc3nc4c(c5[nH]c(c2Cl)[C@@H](C)[C@@H]5CCC(=O)OC)c(=O)n2c5ccccc5nc2c4c3C)c(CC)c1C. The van der Waals surface area contributed by atoms with Gasteiger partial charge in [-0.15, -0.1) is 0 Å². The first kappa shape index (κ1) is 32.0. The fraction of sp³-hybridized carbons (Fsp3) is 0.275. The Labute approximate surface area is 293 Å². The van der Waals surface area contributed by atoms with Crippen molar-refractivity contribution in [2.45, 2.75) is 65.7 Å². The number of nitrogens with one attached hydrogen (secondary N) is 2. The molecular weight excluding hydrogens is 648 g/mol. The number of methoxy groups -OCH3 is 1. The van der Waals surface area contributed by atoms with E-state index in [-0.39, 0.29) is 29.8 Å². The number of para-hydroxylation sites is 2. The highest BCUT2D eigenvalue weighted by Gasteiger charge is 2.34. The Hall–Kier alpha value is -5.28. The van der Waals surface area contributed by atoms with Crippen molar-refractivity contribution in [2.24, 2.45) is 0 Å². The fourth-order valence-electron chi connectivity index (χ4n) is 8.06. The second kappa shape index (κ2) is 11.7. The van der Waals surface area contributed by atoms with E-state index in [1.54, 1.807) is 4.40 Å². The number of hydrogen-bond acceptors (Lipinski definition) is 6. The van der Waals surface area contributed by atoms with Crippen molar-refractivity contribution >= 4 is 78.2 Å². The lowest BCUT2D eigenvalue weighted by Crippen LogP contribution is -2.16. The van der Waals surface area contributed by atoms with Crippen molar-refractivity contribution < 1.29 is 9.53 Å². The quantitative estimate of drug-likeness (QED) is 0.175. The topological polar surface area (TPSA) is 118 Å². The standard InChI is InChI=1S/C40H37ClN6O3/c1-8-22-18(3)26-16-29-23(9-2)19(4)35(44-29)34(41)36-20(5)24(14-15-31(48)50-7)37(46-36)33-38-32(21(6)27(43-38)17-28(22)42-26)39-45-25-12-10-11-13-30(25)47(39)40(33)49/h9-13,16-17,20,24,42,46H,2,8,14-15H2,1,3-7H3/t20-,24-/m0/s1. The van der Waals surface area contributed by atoms with Crippen LogP contribution in [0.4, 0.5) is 0 Å². The number of aromatic nitrogens is 6. The van der Waals surface area contributed by atoms with Crippen LogP contribution in [0.15, 0.2) is 53.8 Å². The second-order valence-electron chi connectivity index (χ2n) is 13.3. The van der Waals surface area contributed by atoms with E-state index in [1.165, 1.54) is 12.7 Å². The molecule has 6 aromatic rings. The summed E-state index contributed by atoms with van der Waals surface area (Å²) in [6.07, 6.45) is 3.22. The third-order valence-corrected chi connectivity index (χ3v) is 11.2. The van der Waals surface area contributed by atoms with Gasteiger partial charge >= 0.3 is 5.97 Å². The summed E-state index contributed by atoms with van der Waals surface area (Å²) in [6.45, 7) is 14.5. The number of rotatable bonds is 5. The Morgan fingerprint density at radius 1 is 1.02 bits per heavy atom. The zero-order valence-corrected chi connectivity index (χ0v) is 29.7. The minimum Gasteiger partial charge on any atom is -0.469 e. The molecule has 2 aliphatic heterocycles. The molecule has 0 amide bonds. The van der Waals surface area contributed by atoms with Crippen molar-refractivity contribution in [2.75, 3.05) is 7.11 Å². The molecule has 0 unspecified atom stereocenters. The van der Waals surface area contributed by atoms with Gasteiger partial charge in [0.25, 0.3) is 5.56 Å². The zero-order chi connectivity index (χ0) is 35.2. The monoisotopic (exact) mass is 684 g/mol. The van der Waals surface area contributed by atoms with Crippen LogP contribution >= 0.6 is 11.6 Å². The van der Waals surface area contributed by atoms with Crippen LogP contribution < -0.4 is 5.56 Å². The number of nitrogens with zero attached hydrogens (tertiary/aromatic N) is 4. The van der Waals surface area contributed by atoms with Crippen LogP contribution in [-0.2, 0) is 16.0 Å². The molecule has 0 radical (unpaired) electrons. The average Bonchev–Trinajstić information content (AvgIpc) is 3.88. The lowest BCUT2D eigenvalue weighted by atomic mass is 9.86. The van der Waals surface area contributed by atoms with Crippen LogP contribution in [0.25, 0.3) is 60.7 Å². The predicted octanol–water partition coefficient (Wildman–Crippen LogP) is 8.86. The number of pyridine rings is 1. The van der Waals surface area contributed by atoms with Crippen LogP contribution in [0.2, 0.25) is 5.02 Å². The summed E-state index contributed by atoms with van der Waals surface area (Å²) in [5, 5.41) is 1.71. The number of aromatic amines is 2. The predicted molar refractivity (Wildman–Crippen MR) is 201 cm³/mol. The van der Waals surface area contributed by atoms with Gasteiger partial charge in [0.1, 0.15) is 0 Å². The molecule has 0 saturated carbocycles. The summed E-state index contributed by atoms with van der Waals surface area (Å²) in [5.74, 6) is -0.793. The normalized spacial score (nSPS) is 16.3. The number of halogens is 1. The molecule has 7 heterocycles. The minimum atomic E-state index is -0.322. The molecule has 9 nitrogen and oxygen atoms in total. The Morgan fingerprint density at radius 2 is 1.80 bits per heavy atom. The summed E-state index contributed by atoms with van der Waals surface area (Å²) in [4.78, 5) is 50.1. The van der Waals surface area contributed by atoms with Crippen LogP contribution in [0.5, 0.6) is 0 Å². The average molecular weight is 685 g/mol. The highest BCUT2D eigenvalue weighted by atomic mass is 35.5. The third kappa shape index (κ3) is 4.49. The molecule has 252 valence electrons. The van der Waals surface area contributed by atoms with E-state index in [2.05, 4.69) is 49.5 Å². The number of esters is 1. The Bertz CT molecular complexity index is 2710. The molecule has 5 aromatic heterocycles. The molecular formula is C40H37ClN6O3. The maximum atomic E-state index is 15.0. The molecule has 10 heteroatoms. The van der Waals surface area contributed by atoms with E-state index in [0.717, 1.165) is 67.5 Å². The molecule has 1 aromatic carbocycles. The summed E-state index contributed by atoms with van der Waals surface area (Å²) in [6, 6.07) is 11.8. The fourth-order valence-corrected chi connectivity index (χ4v) is 8.46. The molecule has 0 spiro atoms. The van der Waals surface area contributed by atoms with E-state index in [9.17, 15) is 9.59 Å². The van der Waals surface area contributed by atoms with E-state index in [1.807, 2.05) is 44.2 Å². The zero-order valence-electron chi connectivity index (χ0n) is 28.9. The number of benzene rings is 1. The largest absolute Gasteiger partial charge is 0.469 e. The highest BCUT2D eigenvalue weighted by molar-refractivity contribution is 6.33. The Morgan fingerprint density at radius 3 is 2.54 bits per heavy atom. The number of aryl methyl sites for hydroxylation is 3. The van der Waals surface area contributed by atoms with Gasteiger partial charge in [-0.3, -0.25) is 14.0 Å². The highest BCUT2D eigenvalue weighted by Crippen LogP contribution is 2.46. The van der Waals surface area contributed by atoms with Gasteiger partial charge in [-0.1, -0.05) is 50.2 Å². The van der Waals surface area contributed by atoms with Gasteiger partial charge in [0, 0.05) is 51.6 Å². The maximum absolute atomic E-state index is 15.0. The summed E-state index contributed by atoms with van der Waals surface area (Å²) >= 11 is 7.36. The van der Waals surface area contributed by atoms with Crippen molar-refractivity contribution in [3.63, 3.8) is 0 Å². The number of ether oxygens (including phenoxy) is 1. The molecule has 8 rings (SSSR count). The lowest BCUT2D eigenvalue weighted by molar-refractivity contribution is -0.140. The van der Waals surface area contributed by atoms with Gasteiger partial charge in [-0.25, -0.2) is 15.0 Å². The number of H-pyrrole nitrogens is 2. The van der Waals surface area contributed by atoms with Crippen LogP contribution in [0, 0.1) is 13.8 Å². The van der Waals surface area contributed by atoms with Crippen LogP contribution in [0.1, 0.15) is 84.9 Å². The van der Waals surface area contributed by atoms with Crippen LogP contribution in [0.3, 0.4) is 0 Å². The van der Waals surface area contributed by atoms with E-state index < -0.39 is 0 Å². The van der Waals surface area contributed by atoms with E-state index in [0.29, 0.717) is 44.9 Å². The first-order chi connectivity index (χ1) is 24.1. The van der Waals surface area contributed by atoms with Gasteiger partial charge in [0.15, 0.2) is 5.65 Å². The van der Waals surface area contributed by atoms with Crippen molar-refractivity contribution in [3.8, 4) is 0 Å². The minimum absolute atomic E-state index is 0.170. The number of imidazole rings is 1. The maximum Gasteiger partial charge on any atom is 0.305 e. The van der Waals surface area contributed by atoms with Gasteiger partial charge < -0.3 is 14.7 Å². The molecule has 2 atom stereocenters. The molecule has 2 aliphatic rings. The number of fused-ring (bicyclic) bond motifs is 12. The van der Waals surface area contributed by atoms with Crippen molar-refractivity contribution in [3.05, 3.63) is 104 Å². The smallest absolute Gasteiger partial charge is 0.305 e. The number of hydrogen-bond donors (Lipinski definition) is 2. The van der Waals surface area contributed by atoms with Gasteiger partial charge in [-0.05, 0) is 80.1 Å². The molecule has 8 bridgehead atoms. The second-order valence-corrected chi connectivity index (χ2v) is 13.7. The van der Waals surface area contributed by atoms with Gasteiger partial charge in [0.05, 0.1) is 51.0 Å². The summed E-state index contributed by atoms with van der Waals surface area (Å²) in [5.41, 5.74) is 12.8. The number of carbonyl (C=O) groups is 1. The third-order valence-electron chi connectivity index (χ3n) is 10.8. The molecule has 2 N–H and O–H groups in total. The molecule has 0 aliphatic carbocycles. The van der Waals surface area contributed by atoms with Gasteiger partial charge in [0.2, 0.25) is 0 Å². The van der Waals surface area contributed by atoms with Crippen molar-refractivity contribution in [1.29, 1.82) is 0 Å². The molecule has 50 heavy (non-hydrogen) atoms. The summed E-state index contributed by atoms with van der Waals surface area (Å²) in [7, 11) is 1.39. The summed E-state index contributed by atoms with van der Waals surface area (Å²) < 4.78 is 6.75. The van der Waals surface area contributed by atoms with Gasteiger partial charge in [-0.2, -0.15) is 0 Å². The molecule has 0 fully saturated rings. The lowest BCUT2D eigenvalue weighted by Gasteiger charge is -2.17. The Balaban J connectivity index is 1.65.